The van der Waals surface area contributed by atoms with Crippen molar-refractivity contribution in [3.8, 4) is 0 Å². The quantitative estimate of drug-likeness (QED) is 0.400. The molecule has 0 aromatic rings. The van der Waals surface area contributed by atoms with E-state index in [4.69, 9.17) is 14.6 Å². The number of hydrogen-bond donors (Lipinski definition) is 2. The van der Waals surface area contributed by atoms with Gasteiger partial charge in [0, 0.05) is 25.1 Å². The van der Waals surface area contributed by atoms with Crippen molar-refractivity contribution in [2.45, 2.75) is 19.4 Å². The Labute approximate surface area is 99.6 Å². The molecule has 1 atom stereocenters. The van der Waals surface area contributed by atoms with E-state index in [1.165, 1.54) is 13.0 Å². The number of carbonyl (C=O) groups excluding carboxylic acids is 1. The van der Waals surface area contributed by atoms with Crippen molar-refractivity contribution in [2.24, 2.45) is 0 Å². The number of nitrogens with one attached hydrogen (secondary N) is 1. The van der Waals surface area contributed by atoms with Gasteiger partial charge in [0.05, 0.1) is 13.2 Å². The van der Waals surface area contributed by atoms with E-state index >= 15 is 0 Å². The van der Waals surface area contributed by atoms with Crippen LogP contribution < -0.4 is 5.32 Å². The molecule has 0 spiro atoms. The summed E-state index contributed by atoms with van der Waals surface area (Å²) >= 11 is 0. The second-order valence-electron chi connectivity index (χ2n) is 3.71. The maximum Gasteiger partial charge on any atom is 0.336 e. The molecule has 0 aromatic heterocycles. The smallest absolute Gasteiger partial charge is 0.336 e. The van der Waals surface area contributed by atoms with E-state index in [1.54, 1.807) is 0 Å². The Hall–Kier alpha value is -1.40. The molecule has 1 heterocycles. The van der Waals surface area contributed by atoms with Crippen LogP contribution in [0.25, 0.3) is 0 Å². The summed E-state index contributed by atoms with van der Waals surface area (Å²) < 4.78 is 10.2. The van der Waals surface area contributed by atoms with E-state index in [0.717, 1.165) is 6.54 Å². The second kappa shape index (κ2) is 7.03. The van der Waals surface area contributed by atoms with E-state index in [2.05, 4.69) is 5.32 Å². The summed E-state index contributed by atoms with van der Waals surface area (Å²) in [5.74, 6) is -1.37. The molecule has 0 amide bonds. The van der Waals surface area contributed by atoms with Crippen LogP contribution in [0, 0.1) is 0 Å². The van der Waals surface area contributed by atoms with Gasteiger partial charge in [0.15, 0.2) is 6.10 Å². The number of aliphatic carboxylic acids is 1. The third-order valence-corrected chi connectivity index (χ3v) is 2.34. The van der Waals surface area contributed by atoms with Gasteiger partial charge < -0.3 is 19.9 Å². The maximum absolute atomic E-state index is 11.5. The van der Waals surface area contributed by atoms with Gasteiger partial charge in [0.25, 0.3) is 0 Å². The molecule has 1 aliphatic heterocycles. The van der Waals surface area contributed by atoms with E-state index in [9.17, 15) is 9.59 Å². The maximum atomic E-state index is 11.5. The highest BCUT2D eigenvalue weighted by atomic mass is 16.6. The van der Waals surface area contributed by atoms with Crippen molar-refractivity contribution in [1.82, 2.24) is 5.32 Å². The largest absolute Gasteiger partial charge is 0.478 e. The summed E-state index contributed by atoms with van der Waals surface area (Å²) in [6.45, 7) is 3.37. The van der Waals surface area contributed by atoms with Gasteiger partial charge in [-0.3, -0.25) is 0 Å². The van der Waals surface area contributed by atoms with Crippen LogP contribution in [0.5, 0.6) is 0 Å². The zero-order chi connectivity index (χ0) is 12.7. The number of carbonyl (C=O) groups is 2. The van der Waals surface area contributed by atoms with E-state index in [0.29, 0.717) is 19.6 Å². The molecule has 1 aliphatic rings. The molecule has 0 aliphatic carbocycles. The Bertz CT molecular complexity index is 307. The lowest BCUT2D eigenvalue weighted by atomic mass is 10.2. The van der Waals surface area contributed by atoms with Crippen molar-refractivity contribution in [1.29, 1.82) is 0 Å². The molecule has 0 saturated carbocycles. The Balaban J connectivity index is 2.19. The zero-order valence-corrected chi connectivity index (χ0v) is 9.77. The molecule has 1 saturated heterocycles. The van der Waals surface area contributed by atoms with E-state index in [1.807, 2.05) is 0 Å². The minimum absolute atomic E-state index is 0.170. The number of ether oxygens (including phenoxy) is 2. The standard InChI is InChI=1S/C11H17NO5/c1-8(10(13)14)3-2-5-17-11(15)9-7-12-4-6-16-9/h3,9,12H,2,4-7H2,1H3,(H,13,14). The first kappa shape index (κ1) is 13.7. The fourth-order valence-corrected chi connectivity index (χ4v) is 1.33. The highest BCUT2D eigenvalue weighted by Crippen LogP contribution is 2.01. The molecule has 1 fully saturated rings. The number of rotatable bonds is 5. The molecule has 0 aromatic carbocycles. The molecule has 1 rings (SSSR count). The Morgan fingerprint density at radius 1 is 1.59 bits per heavy atom. The van der Waals surface area contributed by atoms with Gasteiger partial charge in [-0.05, 0) is 6.92 Å². The average molecular weight is 243 g/mol. The minimum Gasteiger partial charge on any atom is -0.478 e. The molecule has 17 heavy (non-hydrogen) atoms. The Kier molecular flexibility index (Phi) is 5.65. The van der Waals surface area contributed by atoms with Crippen molar-refractivity contribution >= 4 is 11.9 Å². The number of carboxylic acid groups (broad SMARTS) is 1. The van der Waals surface area contributed by atoms with Crippen molar-refractivity contribution < 1.29 is 24.2 Å². The van der Waals surface area contributed by atoms with Crippen LogP contribution >= 0.6 is 0 Å². The first-order valence-corrected chi connectivity index (χ1v) is 5.50. The summed E-state index contributed by atoms with van der Waals surface area (Å²) in [6.07, 6.45) is 1.37. The average Bonchev–Trinajstić information content (AvgIpc) is 2.35. The first-order chi connectivity index (χ1) is 8.11. The van der Waals surface area contributed by atoms with Crippen LogP contribution in [-0.2, 0) is 19.1 Å². The number of hydrogen-bond acceptors (Lipinski definition) is 5. The molecule has 0 radical (unpaired) electrons. The van der Waals surface area contributed by atoms with Crippen LogP contribution in [-0.4, -0.2) is 49.5 Å². The molecular formula is C11H17NO5. The van der Waals surface area contributed by atoms with Crippen molar-refractivity contribution in [3.05, 3.63) is 11.6 Å². The monoisotopic (exact) mass is 243 g/mol. The van der Waals surface area contributed by atoms with Crippen LogP contribution in [0.1, 0.15) is 13.3 Å². The van der Waals surface area contributed by atoms with E-state index in [-0.39, 0.29) is 12.2 Å². The van der Waals surface area contributed by atoms with Gasteiger partial charge in [0.2, 0.25) is 0 Å². The first-order valence-electron chi connectivity index (χ1n) is 5.50. The summed E-state index contributed by atoms with van der Waals surface area (Å²) in [5.41, 5.74) is 0.247. The highest BCUT2D eigenvalue weighted by Gasteiger charge is 2.22. The highest BCUT2D eigenvalue weighted by molar-refractivity contribution is 5.85. The number of morpholine rings is 1. The predicted octanol–water partition coefficient (Wildman–Crippen LogP) is -0.0610. The molecular weight excluding hydrogens is 226 g/mol. The SMILES string of the molecule is CC(=CCCOC(=O)C1CNCCO1)C(=O)O. The summed E-state index contributed by atoms with van der Waals surface area (Å²) in [5, 5.41) is 11.6. The predicted molar refractivity (Wildman–Crippen MR) is 59.6 cm³/mol. The second-order valence-corrected chi connectivity index (χ2v) is 3.71. The van der Waals surface area contributed by atoms with Gasteiger partial charge in [-0.1, -0.05) is 6.08 Å². The molecule has 2 N–H and O–H groups in total. The van der Waals surface area contributed by atoms with Gasteiger partial charge in [-0.15, -0.1) is 0 Å². The lowest BCUT2D eigenvalue weighted by Gasteiger charge is -2.21. The van der Waals surface area contributed by atoms with E-state index < -0.39 is 18.0 Å². The third kappa shape index (κ3) is 4.97. The van der Waals surface area contributed by atoms with Crippen molar-refractivity contribution in [3.63, 3.8) is 0 Å². The van der Waals surface area contributed by atoms with Gasteiger partial charge in [-0.25, -0.2) is 9.59 Å². The number of esters is 1. The van der Waals surface area contributed by atoms with Gasteiger partial charge in [-0.2, -0.15) is 0 Å². The minimum atomic E-state index is -0.962. The van der Waals surface area contributed by atoms with Gasteiger partial charge >= 0.3 is 11.9 Å². The summed E-state index contributed by atoms with van der Waals surface area (Å²) in [4.78, 5) is 21.9. The lowest BCUT2D eigenvalue weighted by molar-refractivity contribution is -0.158. The topological polar surface area (TPSA) is 84.9 Å². The summed E-state index contributed by atoms with van der Waals surface area (Å²) in [6, 6.07) is 0. The van der Waals surface area contributed by atoms with Crippen LogP contribution in [0.3, 0.4) is 0 Å². The molecule has 0 bridgehead atoms. The Morgan fingerprint density at radius 2 is 2.35 bits per heavy atom. The lowest BCUT2D eigenvalue weighted by Crippen LogP contribution is -2.43. The Morgan fingerprint density at radius 3 is 2.94 bits per heavy atom. The normalized spacial score (nSPS) is 21.0. The van der Waals surface area contributed by atoms with Crippen molar-refractivity contribution in [2.75, 3.05) is 26.3 Å². The van der Waals surface area contributed by atoms with Crippen LogP contribution in [0.2, 0.25) is 0 Å². The number of carboxylic acids is 1. The third-order valence-electron chi connectivity index (χ3n) is 2.34. The zero-order valence-electron chi connectivity index (χ0n) is 9.77. The molecule has 6 heteroatoms. The van der Waals surface area contributed by atoms with Crippen LogP contribution in [0.4, 0.5) is 0 Å². The van der Waals surface area contributed by atoms with Crippen LogP contribution in [0.15, 0.2) is 11.6 Å². The fourth-order valence-electron chi connectivity index (χ4n) is 1.33. The molecule has 1 unspecified atom stereocenters. The fraction of sp³-hybridized carbons (Fsp3) is 0.636. The van der Waals surface area contributed by atoms with Gasteiger partial charge in [0.1, 0.15) is 0 Å². The molecule has 6 nitrogen and oxygen atoms in total. The molecule has 96 valence electrons. The summed E-state index contributed by atoms with van der Waals surface area (Å²) in [7, 11) is 0.